The number of hydrogen-bond acceptors (Lipinski definition) is 2. The van der Waals surface area contributed by atoms with Crippen molar-refractivity contribution in [2.24, 2.45) is 0 Å². The Bertz CT molecular complexity index is 490. The Morgan fingerprint density at radius 1 is 1.42 bits per heavy atom. The largest absolute Gasteiger partial charge is 0.366 e. The molecule has 1 aromatic rings. The van der Waals surface area contributed by atoms with Gasteiger partial charge in [0.1, 0.15) is 6.29 Å². The van der Waals surface area contributed by atoms with Gasteiger partial charge in [0.05, 0.1) is 0 Å². The van der Waals surface area contributed by atoms with Gasteiger partial charge in [0, 0.05) is 23.3 Å². The van der Waals surface area contributed by atoms with Gasteiger partial charge in [0.25, 0.3) is 0 Å². The number of fused-ring (bicyclic) bond motifs is 1. The Balaban J connectivity index is 2.61. The number of carbonyl (C=O) groups is 1. The van der Waals surface area contributed by atoms with E-state index in [-0.39, 0.29) is 5.54 Å². The number of anilines is 1. The van der Waals surface area contributed by atoms with Crippen LogP contribution in [0, 0.1) is 6.92 Å². The standard InChI is InChI=1S/C17H25NO/c1-6-7-18-16-12(2)8-14(11-19)9-15(16)13(3)10-17(18,4)5/h8-9,11,13H,6-7,10H2,1-5H3/t13-/m1/s1. The van der Waals surface area contributed by atoms with Crippen LogP contribution in [-0.2, 0) is 0 Å². The molecule has 0 radical (unpaired) electrons. The van der Waals surface area contributed by atoms with E-state index in [4.69, 9.17) is 0 Å². The maximum absolute atomic E-state index is 11.1. The molecule has 1 aromatic carbocycles. The van der Waals surface area contributed by atoms with Gasteiger partial charge in [-0.25, -0.2) is 0 Å². The summed E-state index contributed by atoms with van der Waals surface area (Å²) in [5.74, 6) is 0.511. The molecular weight excluding hydrogens is 234 g/mol. The van der Waals surface area contributed by atoms with Crippen molar-refractivity contribution in [1.29, 1.82) is 0 Å². The van der Waals surface area contributed by atoms with Gasteiger partial charge in [0.2, 0.25) is 0 Å². The average Bonchev–Trinajstić information content (AvgIpc) is 2.33. The van der Waals surface area contributed by atoms with Crippen LogP contribution >= 0.6 is 0 Å². The second kappa shape index (κ2) is 4.99. The fourth-order valence-corrected chi connectivity index (χ4v) is 3.56. The van der Waals surface area contributed by atoms with Crippen molar-refractivity contribution in [3.05, 3.63) is 28.8 Å². The van der Waals surface area contributed by atoms with Gasteiger partial charge < -0.3 is 4.90 Å². The highest BCUT2D eigenvalue weighted by Crippen LogP contribution is 2.45. The molecule has 104 valence electrons. The Morgan fingerprint density at radius 2 is 2.11 bits per heavy atom. The van der Waals surface area contributed by atoms with Gasteiger partial charge in [-0.1, -0.05) is 13.8 Å². The Labute approximate surface area is 116 Å². The Kier molecular flexibility index (Phi) is 3.71. The molecule has 0 fully saturated rings. The first-order chi connectivity index (χ1) is 8.90. The summed E-state index contributed by atoms with van der Waals surface area (Å²) >= 11 is 0. The third kappa shape index (κ3) is 2.41. The molecule has 0 spiro atoms. The minimum absolute atomic E-state index is 0.190. The lowest BCUT2D eigenvalue weighted by atomic mass is 9.78. The fraction of sp³-hybridized carbons (Fsp3) is 0.588. The summed E-state index contributed by atoms with van der Waals surface area (Å²) in [5.41, 5.74) is 4.92. The summed E-state index contributed by atoms with van der Waals surface area (Å²) in [5, 5.41) is 0. The zero-order valence-electron chi connectivity index (χ0n) is 12.8. The van der Waals surface area contributed by atoms with Gasteiger partial charge in [0.15, 0.2) is 0 Å². The Morgan fingerprint density at radius 3 is 2.68 bits per heavy atom. The minimum atomic E-state index is 0.190. The molecule has 0 unspecified atom stereocenters. The van der Waals surface area contributed by atoms with Crippen molar-refractivity contribution >= 4 is 12.0 Å². The second-order valence-corrected chi connectivity index (χ2v) is 6.46. The number of rotatable bonds is 3. The molecule has 0 saturated heterocycles. The molecule has 1 heterocycles. The maximum Gasteiger partial charge on any atom is 0.150 e. The lowest BCUT2D eigenvalue weighted by molar-refractivity contribution is 0.112. The first-order valence-corrected chi connectivity index (χ1v) is 7.28. The summed E-state index contributed by atoms with van der Waals surface area (Å²) in [7, 11) is 0. The smallest absolute Gasteiger partial charge is 0.150 e. The zero-order chi connectivity index (χ0) is 14.2. The van der Waals surface area contributed by atoms with Crippen molar-refractivity contribution in [3.63, 3.8) is 0 Å². The minimum Gasteiger partial charge on any atom is -0.366 e. The van der Waals surface area contributed by atoms with Crippen LogP contribution in [0.4, 0.5) is 5.69 Å². The zero-order valence-corrected chi connectivity index (χ0v) is 12.8. The third-order valence-electron chi connectivity index (χ3n) is 4.27. The van der Waals surface area contributed by atoms with E-state index in [2.05, 4.69) is 45.6 Å². The molecule has 2 heteroatoms. The lowest BCUT2D eigenvalue weighted by Gasteiger charge is -2.48. The van der Waals surface area contributed by atoms with Gasteiger partial charge in [-0.15, -0.1) is 0 Å². The van der Waals surface area contributed by atoms with E-state index in [1.165, 1.54) is 16.8 Å². The van der Waals surface area contributed by atoms with Crippen molar-refractivity contribution in [3.8, 4) is 0 Å². The molecule has 1 aliphatic rings. The first kappa shape index (κ1) is 14.1. The van der Waals surface area contributed by atoms with Crippen LogP contribution in [-0.4, -0.2) is 18.4 Å². The monoisotopic (exact) mass is 259 g/mol. The quantitative estimate of drug-likeness (QED) is 0.754. The van der Waals surface area contributed by atoms with E-state index in [9.17, 15) is 4.79 Å². The van der Waals surface area contributed by atoms with Crippen LogP contribution in [0.1, 0.15) is 67.9 Å². The van der Waals surface area contributed by atoms with E-state index in [0.717, 1.165) is 31.2 Å². The third-order valence-corrected chi connectivity index (χ3v) is 4.27. The summed E-state index contributed by atoms with van der Waals surface area (Å²) in [6, 6.07) is 4.10. The van der Waals surface area contributed by atoms with Crippen LogP contribution < -0.4 is 4.90 Å². The van der Waals surface area contributed by atoms with Crippen molar-refractivity contribution in [2.45, 2.75) is 58.9 Å². The SMILES string of the molecule is CCCN1c2c(C)cc(C=O)cc2[C@H](C)CC1(C)C. The lowest BCUT2D eigenvalue weighted by Crippen LogP contribution is -2.49. The number of aldehydes is 1. The molecule has 0 aliphatic carbocycles. The van der Waals surface area contributed by atoms with Crippen molar-refractivity contribution in [1.82, 2.24) is 0 Å². The van der Waals surface area contributed by atoms with Gasteiger partial charge >= 0.3 is 0 Å². The van der Waals surface area contributed by atoms with Crippen LogP contribution in [0.2, 0.25) is 0 Å². The number of aryl methyl sites for hydroxylation is 1. The first-order valence-electron chi connectivity index (χ1n) is 7.28. The van der Waals surface area contributed by atoms with Crippen LogP contribution in [0.15, 0.2) is 12.1 Å². The Hall–Kier alpha value is -1.31. The highest BCUT2D eigenvalue weighted by molar-refractivity contribution is 5.79. The highest BCUT2D eigenvalue weighted by Gasteiger charge is 2.36. The molecule has 0 aromatic heterocycles. The number of benzene rings is 1. The summed E-state index contributed by atoms with van der Waals surface area (Å²) < 4.78 is 0. The van der Waals surface area contributed by atoms with Crippen LogP contribution in [0.5, 0.6) is 0 Å². The molecule has 1 atom stereocenters. The molecule has 0 bridgehead atoms. The van der Waals surface area contributed by atoms with E-state index >= 15 is 0 Å². The molecule has 0 N–H and O–H groups in total. The van der Waals surface area contributed by atoms with E-state index < -0.39 is 0 Å². The molecular formula is C17H25NO. The van der Waals surface area contributed by atoms with E-state index in [1.807, 2.05) is 6.07 Å². The molecule has 0 amide bonds. The number of hydrogen-bond donors (Lipinski definition) is 0. The van der Waals surface area contributed by atoms with Gasteiger partial charge in [-0.3, -0.25) is 4.79 Å². The van der Waals surface area contributed by atoms with Gasteiger partial charge in [-0.2, -0.15) is 0 Å². The second-order valence-electron chi connectivity index (χ2n) is 6.46. The normalized spacial score (nSPS) is 21.1. The van der Waals surface area contributed by atoms with E-state index in [0.29, 0.717) is 5.92 Å². The summed E-state index contributed by atoms with van der Waals surface area (Å²) in [4.78, 5) is 13.6. The molecule has 0 saturated carbocycles. The van der Waals surface area contributed by atoms with E-state index in [1.54, 1.807) is 0 Å². The predicted molar refractivity (Wildman–Crippen MR) is 81.3 cm³/mol. The molecule has 2 nitrogen and oxygen atoms in total. The summed E-state index contributed by atoms with van der Waals surface area (Å²) in [6.07, 6.45) is 3.25. The molecule has 19 heavy (non-hydrogen) atoms. The topological polar surface area (TPSA) is 20.3 Å². The number of carbonyl (C=O) groups excluding carboxylic acids is 1. The van der Waals surface area contributed by atoms with Crippen LogP contribution in [0.25, 0.3) is 0 Å². The maximum atomic E-state index is 11.1. The molecule has 2 rings (SSSR count). The van der Waals surface area contributed by atoms with Crippen LogP contribution in [0.3, 0.4) is 0 Å². The highest BCUT2D eigenvalue weighted by atomic mass is 16.1. The summed E-state index contributed by atoms with van der Waals surface area (Å²) in [6.45, 7) is 12.4. The van der Waals surface area contributed by atoms with Crippen molar-refractivity contribution in [2.75, 3.05) is 11.4 Å². The molecule has 1 aliphatic heterocycles. The van der Waals surface area contributed by atoms with Crippen molar-refractivity contribution < 1.29 is 4.79 Å². The number of nitrogens with zero attached hydrogens (tertiary/aromatic N) is 1. The average molecular weight is 259 g/mol. The fourth-order valence-electron chi connectivity index (χ4n) is 3.56. The predicted octanol–water partition coefficient (Wildman–Crippen LogP) is 4.31. The van der Waals surface area contributed by atoms with Gasteiger partial charge in [-0.05, 0) is 62.8 Å².